The fourth-order valence-corrected chi connectivity index (χ4v) is 7.39. The van der Waals surface area contributed by atoms with E-state index in [1.54, 1.807) is 44.9 Å². The molecule has 0 bridgehead atoms. The molecule has 14 heteroatoms. The number of carbonyl (C=O) groups is 5. The fraction of sp³-hybridized carbons (Fsp3) is 0.553. The highest BCUT2D eigenvalue weighted by molar-refractivity contribution is 5.94. The zero-order valence-corrected chi connectivity index (χ0v) is 31.1. The summed E-state index contributed by atoms with van der Waals surface area (Å²) in [5, 5.41) is 26.5. The average molecular weight is 722 g/mol. The van der Waals surface area contributed by atoms with E-state index in [0.717, 1.165) is 22.3 Å². The number of benzene rings is 2. The molecule has 2 aromatic carbocycles. The molecule has 0 aromatic heterocycles. The van der Waals surface area contributed by atoms with E-state index in [0.29, 0.717) is 19.3 Å². The van der Waals surface area contributed by atoms with Crippen molar-refractivity contribution in [2.24, 2.45) is 5.73 Å². The van der Waals surface area contributed by atoms with Crippen LogP contribution in [0.5, 0.6) is 0 Å². The van der Waals surface area contributed by atoms with E-state index in [-0.39, 0.29) is 44.3 Å². The zero-order valence-electron chi connectivity index (χ0n) is 31.1. The van der Waals surface area contributed by atoms with Gasteiger partial charge in [0.15, 0.2) is 0 Å². The van der Waals surface area contributed by atoms with E-state index < -0.39 is 60.1 Å². The van der Waals surface area contributed by atoms with Crippen molar-refractivity contribution in [2.45, 2.75) is 101 Å². The van der Waals surface area contributed by atoms with Gasteiger partial charge >= 0.3 is 0 Å². The van der Waals surface area contributed by atoms with Crippen LogP contribution in [-0.4, -0.2) is 137 Å². The third-order valence-electron chi connectivity index (χ3n) is 10.1. The van der Waals surface area contributed by atoms with Crippen LogP contribution in [0.3, 0.4) is 0 Å². The first-order valence-corrected chi connectivity index (χ1v) is 17.9. The summed E-state index contributed by atoms with van der Waals surface area (Å²) in [6.45, 7) is 3.77. The van der Waals surface area contributed by atoms with Crippen LogP contribution in [0, 0.1) is 0 Å². The molecule has 6 N–H and O–H groups in total. The number of aliphatic hydroxyl groups excluding tert-OH is 2. The molecule has 5 amide bonds. The maximum absolute atomic E-state index is 13.8. The van der Waals surface area contributed by atoms with Gasteiger partial charge in [0, 0.05) is 32.5 Å². The predicted molar refractivity (Wildman–Crippen MR) is 195 cm³/mol. The Morgan fingerprint density at radius 1 is 0.731 bits per heavy atom. The van der Waals surface area contributed by atoms with E-state index in [4.69, 9.17) is 5.73 Å². The summed E-state index contributed by atoms with van der Waals surface area (Å²) < 4.78 is 0. The number of nitrogens with one attached hydrogen (secondary N) is 2. The number of nitrogens with zero attached hydrogens (tertiary/aromatic N) is 4. The SMILES string of the molecule is C[C@@H](O)[C@@H](C(=O)N1Cc2ccccc2C[C@H]1C(=O)NCCCC[C@H](NC(=O)[C@@H]1Cc2ccccc2CN1C(=O)[C@H]([C@@H](C)O)N(C)C)C(N)=O)N(C)C. The first kappa shape index (κ1) is 40.4. The number of carbonyl (C=O) groups excluding carboxylic acids is 5. The molecule has 0 spiro atoms. The Morgan fingerprint density at radius 3 is 1.56 bits per heavy atom. The zero-order chi connectivity index (χ0) is 38.3. The van der Waals surface area contributed by atoms with Gasteiger partial charge in [0.25, 0.3) is 0 Å². The summed E-state index contributed by atoms with van der Waals surface area (Å²) in [6.07, 6.45) is -0.239. The molecule has 0 saturated heterocycles. The number of aliphatic hydroxyl groups is 2. The summed E-state index contributed by atoms with van der Waals surface area (Å²) in [6, 6.07) is 10.8. The summed E-state index contributed by atoms with van der Waals surface area (Å²) in [4.78, 5) is 73.5. The summed E-state index contributed by atoms with van der Waals surface area (Å²) >= 11 is 0. The minimum absolute atomic E-state index is 0.176. The lowest BCUT2D eigenvalue weighted by molar-refractivity contribution is -0.148. The Labute approximate surface area is 306 Å². The molecule has 284 valence electrons. The van der Waals surface area contributed by atoms with Crippen molar-refractivity contribution < 1.29 is 34.2 Å². The Bertz CT molecular complexity index is 1580. The molecule has 0 unspecified atom stereocenters. The Kier molecular flexibility index (Phi) is 13.9. The van der Waals surface area contributed by atoms with Gasteiger partial charge in [-0.25, -0.2) is 0 Å². The van der Waals surface area contributed by atoms with Gasteiger partial charge in [-0.1, -0.05) is 48.5 Å². The molecular formula is C38H55N7O7. The normalized spacial score (nSPS) is 19.9. The Morgan fingerprint density at radius 2 is 1.15 bits per heavy atom. The number of unbranched alkanes of at least 4 members (excludes halogenated alkanes) is 1. The molecule has 2 aliphatic heterocycles. The lowest BCUT2D eigenvalue weighted by Crippen LogP contribution is -2.60. The summed E-state index contributed by atoms with van der Waals surface area (Å²) in [5.41, 5.74) is 9.48. The van der Waals surface area contributed by atoms with Crippen LogP contribution >= 0.6 is 0 Å². The van der Waals surface area contributed by atoms with Crippen LogP contribution in [0.15, 0.2) is 48.5 Å². The summed E-state index contributed by atoms with van der Waals surface area (Å²) in [5.74, 6) is -2.28. The van der Waals surface area contributed by atoms with Crippen LogP contribution in [0.4, 0.5) is 0 Å². The number of amides is 5. The lowest BCUT2D eigenvalue weighted by Gasteiger charge is -2.40. The topological polar surface area (TPSA) is 189 Å². The van der Waals surface area contributed by atoms with Crippen molar-refractivity contribution in [1.29, 1.82) is 0 Å². The molecule has 2 aliphatic rings. The Balaban J connectivity index is 1.38. The highest BCUT2D eigenvalue weighted by Crippen LogP contribution is 2.27. The van der Waals surface area contributed by atoms with Crippen molar-refractivity contribution in [3.05, 3.63) is 70.8 Å². The van der Waals surface area contributed by atoms with Crippen LogP contribution in [0.1, 0.15) is 55.4 Å². The molecule has 7 atom stereocenters. The van der Waals surface area contributed by atoms with Gasteiger partial charge in [-0.2, -0.15) is 0 Å². The molecule has 0 saturated carbocycles. The standard InChI is InChI=1S/C38H55N7O7/c1-23(46)32(42(3)4)37(51)44-21-27-15-9-7-13-25(27)19-30(44)35(49)40-18-12-11-17-29(34(39)48)41-36(50)31-20-26-14-8-10-16-28(26)22-45(31)38(52)33(24(2)47)43(5)6/h7-10,13-16,23-24,29-33,46-47H,11-12,17-22H2,1-6H3,(H2,39,48)(H,40,49)(H,41,50)/t23-,24-,29+,30+,31+,32+,33+/m1/s1. The van der Waals surface area contributed by atoms with Crippen molar-refractivity contribution >= 4 is 29.5 Å². The smallest absolute Gasteiger partial charge is 0.243 e. The van der Waals surface area contributed by atoms with Gasteiger partial charge in [-0.15, -0.1) is 0 Å². The first-order chi connectivity index (χ1) is 24.6. The number of rotatable bonds is 15. The van der Waals surface area contributed by atoms with Gasteiger partial charge in [-0.05, 0) is 83.6 Å². The molecule has 52 heavy (non-hydrogen) atoms. The van der Waals surface area contributed by atoms with Gasteiger partial charge in [-0.3, -0.25) is 33.8 Å². The van der Waals surface area contributed by atoms with Crippen LogP contribution in [0.25, 0.3) is 0 Å². The number of nitrogens with two attached hydrogens (primary N) is 1. The van der Waals surface area contributed by atoms with Gasteiger partial charge in [0.1, 0.15) is 30.2 Å². The van der Waals surface area contributed by atoms with Crippen molar-refractivity contribution in [2.75, 3.05) is 34.7 Å². The van der Waals surface area contributed by atoms with Crippen LogP contribution < -0.4 is 16.4 Å². The number of hydrogen-bond donors (Lipinski definition) is 5. The lowest BCUT2D eigenvalue weighted by atomic mass is 9.92. The minimum atomic E-state index is -1.01. The first-order valence-electron chi connectivity index (χ1n) is 17.9. The van der Waals surface area contributed by atoms with Crippen molar-refractivity contribution in [3.63, 3.8) is 0 Å². The highest BCUT2D eigenvalue weighted by Gasteiger charge is 2.41. The quantitative estimate of drug-likeness (QED) is 0.155. The molecule has 14 nitrogen and oxygen atoms in total. The average Bonchev–Trinajstić information content (AvgIpc) is 3.08. The second kappa shape index (κ2) is 17.9. The van der Waals surface area contributed by atoms with Gasteiger partial charge in [0.05, 0.1) is 12.2 Å². The van der Waals surface area contributed by atoms with E-state index in [2.05, 4.69) is 10.6 Å². The molecule has 4 rings (SSSR count). The number of likely N-dealkylation sites (N-methyl/N-ethyl adjacent to an activating group) is 2. The van der Waals surface area contributed by atoms with Gasteiger partial charge < -0.3 is 36.4 Å². The molecule has 0 radical (unpaired) electrons. The molecule has 2 heterocycles. The maximum Gasteiger partial charge on any atom is 0.243 e. The molecular weight excluding hydrogens is 666 g/mol. The predicted octanol–water partition coefficient (Wildman–Crippen LogP) is -0.228. The van der Waals surface area contributed by atoms with Crippen LogP contribution in [0.2, 0.25) is 0 Å². The van der Waals surface area contributed by atoms with Crippen molar-refractivity contribution in [3.8, 4) is 0 Å². The fourth-order valence-electron chi connectivity index (χ4n) is 7.39. The second-order valence-electron chi connectivity index (χ2n) is 14.5. The molecule has 0 aliphatic carbocycles. The molecule has 0 fully saturated rings. The van der Waals surface area contributed by atoms with Crippen LogP contribution in [-0.2, 0) is 49.9 Å². The summed E-state index contributed by atoms with van der Waals surface area (Å²) in [7, 11) is 6.81. The third kappa shape index (κ3) is 9.54. The van der Waals surface area contributed by atoms with E-state index >= 15 is 0 Å². The number of hydrogen-bond acceptors (Lipinski definition) is 9. The number of primary amides is 1. The molecule has 2 aromatic rings. The minimum Gasteiger partial charge on any atom is -0.391 e. The van der Waals surface area contributed by atoms with Gasteiger partial charge in [0.2, 0.25) is 29.5 Å². The monoisotopic (exact) mass is 721 g/mol. The highest BCUT2D eigenvalue weighted by atomic mass is 16.3. The van der Waals surface area contributed by atoms with E-state index in [1.807, 2.05) is 48.5 Å². The van der Waals surface area contributed by atoms with E-state index in [1.165, 1.54) is 16.7 Å². The second-order valence-corrected chi connectivity index (χ2v) is 14.5. The number of fused-ring (bicyclic) bond motifs is 2. The largest absolute Gasteiger partial charge is 0.391 e. The van der Waals surface area contributed by atoms with E-state index in [9.17, 15) is 34.2 Å². The van der Waals surface area contributed by atoms with Crippen molar-refractivity contribution in [1.82, 2.24) is 30.2 Å². The third-order valence-corrected chi connectivity index (χ3v) is 10.1. The maximum atomic E-state index is 13.8. The Hall–Kier alpha value is -4.37.